The molecule has 0 aliphatic carbocycles. The number of ether oxygens (including phenoxy) is 2. The number of aromatic nitrogens is 1. The molecule has 1 aliphatic heterocycles. The van der Waals surface area contributed by atoms with Gasteiger partial charge >= 0.3 is 5.97 Å². The average Bonchev–Trinajstić information content (AvgIpc) is 3.27. The molecule has 1 aliphatic rings. The average molecular weight is 574 g/mol. The zero-order chi connectivity index (χ0) is 29.6. The number of allylic oxidation sites excluding steroid dienone is 1. The Kier molecular flexibility index (Phi) is 10.8. The molecule has 1 fully saturated rings. The number of carbonyl (C=O) groups excluding carboxylic acids is 2. The van der Waals surface area contributed by atoms with Gasteiger partial charge in [0.2, 0.25) is 5.91 Å². The summed E-state index contributed by atoms with van der Waals surface area (Å²) in [7, 11) is 1.28. The molecule has 1 saturated heterocycles. The molecule has 3 N–H and O–H groups in total. The summed E-state index contributed by atoms with van der Waals surface area (Å²) in [5.41, 5.74) is 4.28. The molecule has 0 bridgehead atoms. The molecule has 3 atom stereocenters. The van der Waals surface area contributed by atoms with Gasteiger partial charge in [-0.3, -0.25) is 10.2 Å². The van der Waals surface area contributed by atoms with Gasteiger partial charge in [-0.15, -0.1) is 0 Å². The minimum absolute atomic E-state index is 0.0523. The number of aliphatic hydroxyl groups is 1. The molecule has 11 nitrogen and oxygen atoms in total. The lowest BCUT2D eigenvalue weighted by molar-refractivity contribution is -0.156. The summed E-state index contributed by atoms with van der Waals surface area (Å²) >= 11 is 0. The molecule has 2 heterocycles. The van der Waals surface area contributed by atoms with Crippen LogP contribution in [0.3, 0.4) is 0 Å². The summed E-state index contributed by atoms with van der Waals surface area (Å²) in [5, 5.41) is 18.7. The number of methoxy groups -OCH3 is 1. The minimum atomic E-state index is -1.68. The highest BCUT2D eigenvalue weighted by atomic mass is 32.2. The third kappa shape index (κ3) is 7.66. The Hall–Kier alpha value is -3.32. The minimum Gasteiger partial charge on any atom is -0.467 e. The maximum atomic E-state index is 13.4. The van der Waals surface area contributed by atoms with E-state index in [9.17, 15) is 18.9 Å². The Labute approximate surface area is 237 Å². The van der Waals surface area contributed by atoms with Crippen molar-refractivity contribution in [2.24, 2.45) is 0 Å². The van der Waals surface area contributed by atoms with Gasteiger partial charge in [-0.1, -0.05) is 35.9 Å². The highest BCUT2D eigenvalue weighted by molar-refractivity contribution is 7.82. The van der Waals surface area contributed by atoms with Gasteiger partial charge in [-0.2, -0.15) is 0 Å². The Bertz CT molecular complexity index is 1270. The summed E-state index contributed by atoms with van der Waals surface area (Å²) in [6.07, 6.45) is 0.992. The lowest BCUT2D eigenvalue weighted by Crippen LogP contribution is -2.59. The van der Waals surface area contributed by atoms with E-state index >= 15 is 0 Å². The number of nitrogens with one attached hydrogen (secondary N) is 2. The van der Waals surface area contributed by atoms with E-state index in [1.54, 1.807) is 49.2 Å². The summed E-state index contributed by atoms with van der Waals surface area (Å²) < 4.78 is 25.0. The lowest BCUT2D eigenvalue weighted by atomic mass is 10.1. The van der Waals surface area contributed by atoms with Crippen molar-refractivity contribution in [1.29, 1.82) is 5.41 Å². The molecule has 1 aromatic heterocycles. The van der Waals surface area contributed by atoms with E-state index in [0.717, 1.165) is 22.4 Å². The highest BCUT2D eigenvalue weighted by Gasteiger charge is 2.40. The molecule has 40 heavy (non-hydrogen) atoms. The van der Waals surface area contributed by atoms with E-state index < -0.39 is 29.3 Å². The Morgan fingerprint density at radius 2 is 2.00 bits per heavy atom. The van der Waals surface area contributed by atoms with Gasteiger partial charge < -0.3 is 29.4 Å². The monoisotopic (exact) mass is 573 g/mol. The first-order valence-electron chi connectivity index (χ1n) is 13.0. The number of esters is 1. The highest BCUT2D eigenvalue weighted by Crippen LogP contribution is 2.23. The summed E-state index contributed by atoms with van der Waals surface area (Å²) in [4.78, 5) is 32.2. The molecule has 0 spiro atoms. The van der Waals surface area contributed by atoms with Crippen LogP contribution >= 0.6 is 0 Å². The predicted octanol–water partition coefficient (Wildman–Crippen LogP) is 2.27. The first-order chi connectivity index (χ1) is 18.9. The second-order valence-corrected chi connectivity index (χ2v) is 11.4. The van der Waals surface area contributed by atoms with Crippen molar-refractivity contribution in [1.82, 2.24) is 19.1 Å². The van der Waals surface area contributed by atoms with Crippen molar-refractivity contribution in [2.75, 3.05) is 40.4 Å². The second-order valence-electron chi connectivity index (χ2n) is 9.90. The van der Waals surface area contributed by atoms with Crippen molar-refractivity contribution in [3.63, 3.8) is 0 Å². The second kappa shape index (κ2) is 13.8. The quantitative estimate of drug-likeness (QED) is 0.162. The van der Waals surface area contributed by atoms with Gasteiger partial charge in [0.15, 0.2) is 6.29 Å². The van der Waals surface area contributed by atoms with Gasteiger partial charge in [0.1, 0.15) is 27.9 Å². The zero-order valence-corrected chi connectivity index (χ0v) is 24.7. The van der Waals surface area contributed by atoms with Gasteiger partial charge in [-0.25, -0.2) is 13.3 Å². The number of carbonyl (C=O) groups is 2. The van der Waals surface area contributed by atoms with Crippen molar-refractivity contribution in [3.05, 3.63) is 58.3 Å². The van der Waals surface area contributed by atoms with E-state index in [1.807, 2.05) is 26.8 Å². The van der Waals surface area contributed by atoms with E-state index in [0.29, 0.717) is 17.2 Å². The molecule has 218 valence electrons. The summed E-state index contributed by atoms with van der Waals surface area (Å²) in [6.45, 7) is 8.24. The number of piperazine rings is 1. The van der Waals surface area contributed by atoms with E-state index in [-0.39, 0.29) is 37.9 Å². The van der Waals surface area contributed by atoms with Crippen LogP contribution in [0.15, 0.2) is 40.9 Å². The Balaban J connectivity index is 1.73. The fourth-order valence-electron chi connectivity index (χ4n) is 4.43. The van der Waals surface area contributed by atoms with Gasteiger partial charge in [0.25, 0.3) is 0 Å². The van der Waals surface area contributed by atoms with Crippen molar-refractivity contribution >= 4 is 34.8 Å². The number of aromatic amines is 1. The lowest BCUT2D eigenvalue weighted by Gasteiger charge is -2.38. The Morgan fingerprint density at radius 3 is 2.60 bits per heavy atom. The van der Waals surface area contributed by atoms with E-state index in [2.05, 4.69) is 4.98 Å². The van der Waals surface area contributed by atoms with Crippen LogP contribution in [0, 0.1) is 12.3 Å². The number of aliphatic hydroxyl groups excluding tert-OH is 1. The number of benzene rings is 1. The molecule has 2 aromatic rings. The summed E-state index contributed by atoms with van der Waals surface area (Å²) in [6, 6.07) is 7.94. The fraction of sp³-hybridized carbons (Fsp3) is 0.464. The first-order valence-corrected chi connectivity index (χ1v) is 14.1. The number of hydrogen-bond donors (Lipinski definition) is 3. The number of amidine groups is 1. The van der Waals surface area contributed by atoms with Crippen LogP contribution in [0.1, 0.15) is 43.2 Å². The molecule has 12 heteroatoms. The number of rotatable bonds is 11. The SMILES string of the molecule is CCOC(O)CN(C)C(=N)c1ccc(CN2C(=O)CN(S(=O)c3cc(C=C(C)C)c(C)[nH]3)CC2C(=O)OC)cc1. The number of likely N-dealkylation sites (N-methyl/N-ethyl adjacent to an activating group) is 1. The van der Waals surface area contributed by atoms with E-state index in [1.165, 1.54) is 16.3 Å². The van der Waals surface area contributed by atoms with Crippen LogP contribution < -0.4 is 0 Å². The number of H-pyrrole nitrogens is 1. The van der Waals surface area contributed by atoms with Crippen molar-refractivity contribution < 1.29 is 28.4 Å². The Morgan fingerprint density at radius 1 is 1.32 bits per heavy atom. The van der Waals surface area contributed by atoms with Gasteiger partial charge in [0, 0.05) is 38.0 Å². The zero-order valence-electron chi connectivity index (χ0n) is 23.9. The molecule has 1 aromatic carbocycles. The van der Waals surface area contributed by atoms with Crippen LogP contribution in [0.5, 0.6) is 0 Å². The largest absolute Gasteiger partial charge is 0.467 e. The van der Waals surface area contributed by atoms with Crippen LogP contribution in [0.25, 0.3) is 6.08 Å². The van der Waals surface area contributed by atoms with Crippen LogP contribution in [0.2, 0.25) is 0 Å². The summed E-state index contributed by atoms with van der Waals surface area (Å²) in [5.74, 6) is -0.725. The van der Waals surface area contributed by atoms with Crippen LogP contribution in [-0.4, -0.2) is 98.8 Å². The molecule has 0 radical (unpaired) electrons. The van der Waals surface area contributed by atoms with Gasteiger partial charge in [0.05, 0.1) is 20.2 Å². The molecule has 0 saturated carbocycles. The van der Waals surface area contributed by atoms with Crippen LogP contribution in [0.4, 0.5) is 0 Å². The first kappa shape index (κ1) is 31.2. The van der Waals surface area contributed by atoms with Gasteiger partial charge in [-0.05, 0) is 44.9 Å². The predicted molar refractivity (Wildman–Crippen MR) is 153 cm³/mol. The molecular weight excluding hydrogens is 534 g/mol. The molecule has 3 unspecified atom stereocenters. The van der Waals surface area contributed by atoms with E-state index in [4.69, 9.17) is 14.9 Å². The number of aryl methyl sites for hydroxylation is 1. The third-order valence-corrected chi connectivity index (χ3v) is 7.85. The molecule has 3 rings (SSSR count). The van der Waals surface area contributed by atoms with Crippen molar-refractivity contribution in [3.8, 4) is 0 Å². The topological polar surface area (TPSA) is 139 Å². The van der Waals surface area contributed by atoms with Crippen molar-refractivity contribution in [2.45, 2.75) is 51.6 Å². The third-order valence-electron chi connectivity index (χ3n) is 6.51. The maximum absolute atomic E-state index is 13.4. The standard InChI is InChI=1S/C28H39N5O6S/c1-7-39-26(35)17-31(5)27(29)21-10-8-20(9-11-21)14-33-23(28(36)38-6)15-32(16-25(33)34)40(37)24-13-22(12-18(2)3)19(4)30-24/h8-13,23,26,29-30,35H,7,14-17H2,1-6H3. The fourth-order valence-corrected chi connectivity index (χ4v) is 5.68. The number of hydrogen-bond acceptors (Lipinski definition) is 7. The maximum Gasteiger partial charge on any atom is 0.329 e. The molecule has 1 amide bonds. The normalized spacial score (nSPS) is 17.3. The smallest absolute Gasteiger partial charge is 0.329 e. The molecular formula is C28H39N5O6S. The number of amides is 1. The number of nitrogens with zero attached hydrogens (tertiary/aromatic N) is 3. The van der Waals surface area contributed by atoms with Crippen LogP contribution in [-0.2, 0) is 36.6 Å².